The van der Waals surface area contributed by atoms with Gasteiger partial charge < -0.3 is 10.0 Å². The predicted octanol–water partition coefficient (Wildman–Crippen LogP) is 6.19. The van der Waals surface area contributed by atoms with Crippen LogP contribution in [-0.2, 0) is 23.0 Å². The van der Waals surface area contributed by atoms with E-state index in [1.165, 1.54) is 12.1 Å². The van der Waals surface area contributed by atoms with Crippen molar-refractivity contribution in [3.63, 3.8) is 0 Å². The third-order valence-electron chi connectivity index (χ3n) is 5.70. The molecular formula is C28H34N2O4S. The average Bonchev–Trinajstić information content (AvgIpc) is 2.82. The Morgan fingerprint density at radius 3 is 2.26 bits per heavy atom. The average molecular weight is 495 g/mol. The number of nitrogens with one attached hydrogen (secondary N) is 1. The van der Waals surface area contributed by atoms with Crippen molar-refractivity contribution in [1.82, 2.24) is 0 Å². The maximum absolute atomic E-state index is 13.3. The van der Waals surface area contributed by atoms with Crippen LogP contribution in [0.25, 0.3) is 0 Å². The first-order chi connectivity index (χ1) is 16.7. The lowest BCUT2D eigenvalue weighted by molar-refractivity contribution is 0.0697. The lowest BCUT2D eigenvalue weighted by Crippen LogP contribution is -2.26. The van der Waals surface area contributed by atoms with E-state index < -0.39 is 16.0 Å². The number of anilines is 2. The second kappa shape index (κ2) is 11.9. The molecule has 0 atom stereocenters. The third-order valence-corrected chi connectivity index (χ3v) is 7.09. The monoisotopic (exact) mass is 494 g/mol. The van der Waals surface area contributed by atoms with Gasteiger partial charge in [0.2, 0.25) is 0 Å². The highest BCUT2D eigenvalue weighted by Crippen LogP contribution is 2.31. The first-order valence-electron chi connectivity index (χ1n) is 12.0. The highest BCUT2D eigenvalue weighted by molar-refractivity contribution is 7.92. The largest absolute Gasteiger partial charge is 0.478 e. The molecule has 3 aromatic carbocycles. The first kappa shape index (κ1) is 26.3. The van der Waals surface area contributed by atoms with E-state index in [-0.39, 0.29) is 16.1 Å². The zero-order chi connectivity index (χ0) is 25.4. The van der Waals surface area contributed by atoms with Crippen molar-refractivity contribution in [1.29, 1.82) is 0 Å². The molecule has 0 radical (unpaired) electrons. The highest BCUT2D eigenvalue weighted by Gasteiger charge is 2.21. The van der Waals surface area contributed by atoms with Crippen molar-refractivity contribution in [3.05, 3.63) is 89.5 Å². The molecule has 0 bridgehead atoms. The molecule has 6 nitrogen and oxygen atoms in total. The van der Waals surface area contributed by atoms with Gasteiger partial charge in [-0.05, 0) is 60.2 Å². The van der Waals surface area contributed by atoms with Crippen LogP contribution in [0.5, 0.6) is 0 Å². The number of nitrogens with zero attached hydrogens (tertiary/aromatic N) is 1. The SMILES string of the molecule is CCCCN(Cc1ccccc1)c1ccc(C(=O)O)cc1NS(=O)(=O)c1ccc(CC(C)C)cc1. The predicted molar refractivity (Wildman–Crippen MR) is 142 cm³/mol. The molecule has 0 amide bonds. The molecule has 35 heavy (non-hydrogen) atoms. The van der Waals surface area contributed by atoms with Gasteiger partial charge in [-0.25, -0.2) is 13.2 Å². The Kier molecular flexibility index (Phi) is 8.93. The first-order valence-corrected chi connectivity index (χ1v) is 13.5. The van der Waals surface area contributed by atoms with Crippen LogP contribution < -0.4 is 9.62 Å². The Morgan fingerprint density at radius 2 is 1.66 bits per heavy atom. The van der Waals surface area contributed by atoms with Crippen LogP contribution in [0, 0.1) is 5.92 Å². The number of aromatic carboxylic acids is 1. The Bertz CT molecular complexity index is 1220. The zero-order valence-corrected chi connectivity index (χ0v) is 21.4. The van der Waals surface area contributed by atoms with E-state index in [0.29, 0.717) is 24.7 Å². The van der Waals surface area contributed by atoms with Crippen LogP contribution in [0.1, 0.15) is 55.1 Å². The minimum Gasteiger partial charge on any atom is -0.478 e. The van der Waals surface area contributed by atoms with Gasteiger partial charge in [0.25, 0.3) is 10.0 Å². The molecule has 0 unspecified atom stereocenters. The number of carbonyl (C=O) groups is 1. The summed E-state index contributed by atoms with van der Waals surface area (Å²) in [7, 11) is -3.92. The van der Waals surface area contributed by atoms with Crippen molar-refractivity contribution in [3.8, 4) is 0 Å². The quantitative estimate of drug-likeness (QED) is 0.313. The maximum Gasteiger partial charge on any atom is 0.335 e. The molecule has 0 heterocycles. The van der Waals surface area contributed by atoms with E-state index in [1.807, 2.05) is 42.5 Å². The van der Waals surface area contributed by atoms with Gasteiger partial charge in [0.1, 0.15) is 0 Å². The molecule has 0 aliphatic carbocycles. The number of hydrogen-bond acceptors (Lipinski definition) is 4. The van der Waals surface area contributed by atoms with Crippen LogP contribution in [0.2, 0.25) is 0 Å². The summed E-state index contributed by atoms with van der Waals surface area (Å²) in [5, 5.41) is 9.54. The van der Waals surface area contributed by atoms with Crippen molar-refractivity contribution in [2.75, 3.05) is 16.2 Å². The van der Waals surface area contributed by atoms with E-state index >= 15 is 0 Å². The fraction of sp³-hybridized carbons (Fsp3) is 0.321. The summed E-state index contributed by atoms with van der Waals surface area (Å²) in [4.78, 5) is 13.9. The molecule has 0 aliphatic heterocycles. The molecule has 3 rings (SSSR count). The van der Waals surface area contributed by atoms with Gasteiger partial charge in [-0.3, -0.25) is 4.72 Å². The lowest BCUT2D eigenvalue weighted by atomic mass is 10.0. The minimum absolute atomic E-state index is 0.0221. The van der Waals surface area contributed by atoms with Crippen LogP contribution in [0.4, 0.5) is 11.4 Å². The Balaban J connectivity index is 1.98. The minimum atomic E-state index is -3.92. The van der Waals surface area contributed by atoms with Crippen molar-refractivity contribution in [2.45, 2.75) is 51.5 Å². The molecule has 0 spiro atoms. The van der Waals surface area contributed by atoms with Crippen LogP contribution in [0.3, 0.4) is 0 Å². The Labute approximate surface area is 208 Å². The van der Waals surface area contributed by atoms with Gasteiger partial charge in [-0.15, -0.1) is 0 Å². The summed E-state index contributed by atoms with van der Waals surface area (Å²) in [6.45, 7) is 7.61. The molecule has 0 aliphatic rings. The van der Waals surface area contributed by atoms with E-state index in [2.05, 4.69) is 30.4 Å². The topological polar surface area (TPSA) is 86.7 Å². The van der Waals surface area contributed by atoms with Crippen LogP contribution >= 0.6 is 0 Å². The van der Waals surface area contributed by atoms with Gasteiger partial charge in [-0.2, -0.15) is 0 Å². The summed E-state index contributed by atoms with van der Waals surface area (Å²) < 4.78 is 29.2. The van der Waals surface area contributed by atoms with Crippen molar-refractivity contribution >= 4 is 27.4 Å². The molecule has 0 saturated carbocycles. The van der Waals surface area contributed by atoms with Gasteiger partial charge >= 0.3 is 5.97 Å². The fourth-order valence-corrected chi connectivity index (χ4v) is 5.01. The highest BCUT2D eigenvalue weighted by atomic mass is 32.2. The number of carboxylic acids is 1. The normalized spacial score (nSPS) is 11.4. The van der Waals surface area contributed by atoms with Gasteiger partial charge in [0, 0.05) is 13.1 Å². The molecule has 0 saturated heterocycles. The number of unbranched alkanes of at least 4 members (excludes halogenated alkanes) is 1. The second-order valence-corrected chi connectivity index (χ2v) is 10.8. The van der Waals surface area contributed by atoms with Gasteiger partial charge in [0.15, 0.2) is 0 Å². The second-order valence-electron chi connectivity index (χ2n) is 9.15. The van der Waals surface area contributed by atoms with E-state index in [0.717, 1.165) is 30.4 Å². The Morgan fingerprint density at radius 1 is 0.971 bits per heavy atom. The number of carboxylic acid groups (broad SMARTS) is 1. The fourth-order valence-electron chi connectivity index (χ4n) is 3.94. The molecule has 2 N–H and O–H groups in total. The maximum atomic E-state index is 13.3. The Hall–Kier alpha value is -3.32. The van der Waals surface area contributed by atoms with Gasteiger partial charge in [-0.1, -0.05) is 69.7 Å². The molecule has 3 aromatic rings. The molecule has 0 fully saturated rings. The zero-order valence-electron chi connectivity index (χ0n) is 20.6. The van der Waals surface area contributed by atoms with E-state index in [9.17, 15) is 18.3 Å². The van der Waals surface area contributed by atoms with E-state index in [4.69, 9.17) is 0 Å². The number of sulfonamides is 1. The summed E-state index contributed by atoms with van der Waals surface area (Å²) in [5.41, 5.74) is 3.07. The summed E-state index contributed by atoms with van der Waals surface area (Å²) >= 11 is 0. The lowest BCUT2D eigenvalue weighted by Gasteiger charge is -2.28. The summed E-state index contributed by atoms with van der Waals surface area (Å²) in [6, 6.07) is 21.4. The number of benzene rings is 3. The van der Waals surface area contributed by atoms with Crippen molar-refractivity contribution < 1.29 is 18.3 Å². The van der Waals surface area contributed by atoms with Crippen LogP contribution in [0.15, 0.2) is 77.7 Å². The van der Waals surface area contributed by atoms with E-state index in [1.54, 1.807) is 18.2 Å². The molecular weight excluding hydrogens is 460 g/mol. The van der Waals surface area contributed by atoms with Gasteiger partial charge in [0.05, 0.1) is 21.8 Å². The molecule has 186 valence electrons. The summed E-state index contributed by atoms with van der Waals surface area (Å²) in [6.07, 6.45) is 2.75. The smallest absolute Gasteiger partial charge is 0.335 e. The standard InChI is InChI=1S/C28H34N2O4S/c1-4-5-17-30(20-23-9-7-6-8-10-23)27-16-13-24(28(31)32)19-26(27)29-35(33,34)25-14-11-22(12-15-25)18-21(2)3/h6-16,19,21,29H,4-5,17-18,20H2,1-3H3,(H,31,32). The number of rotatable bonds is 12. The summed E-state index contributed by atoms with van der Waals surface area (Å²) in [5.74, 6) is -0.645. The van der Waals surface area contributed by atoms with Crippen molar-refractivity contribution in [2.24, 2.45) is 5.92 Å². The number of hydrogen-bond donors (Lipinski definition) is 2. The third kappa shape index (κ3) is 7.33. The molecule has 7 heteroatoms. The van der Waals surface area contributed by atoms with Crippen LogP contribution in [-0.4, -0.2) is 26.0 Å². The molecule has 0 aromatic heterocycles.